The van der Waals surface area contributed by atoms with Gasteiger partial charge >= 0.3 is 0 Å². The van der Waals surface area contributed by atoms with Gasteiger partial charge in [0, 0.05) is 21.8 Å². The van der Waals surface area contributed by atoms with E-state index in [1.165, 1.54) is 24.2 Å². The molecule has 0 spiro atoms. The fourth-order valence-electron chi connectivity index (χ4n) is 4.51. The molecule has 0 atom stereocenters. The van der Waals surface area contributed by atoms with Crippen molar-refractivity contribution < 1.29 is 13.2 Å². The van der Waals surface area contributed by atoms with Crippen LogP contribution in [0.15, 0.2) is 15.2 Å². The van der Waals surface area contributed by atoms with Crippen molar-refractivity contribution in [1.82, 2.24) is 5.32 Å². The number of thiophene rings is 1. The van der Waals surface area contributed by atoms with Crippen molar-refractivity contribution in [2.45, 2.75) is 63.0 Å². The Hall–Kier alpha value is -0.400. The molecule has 4 rings (SSSR count). The van der Waals surface area contributed by atoms with Crippen LogP contribution in [0.1, 0.15) is 68.1 Å². The highest BCUT2D eigenvalue weighted by Crippen LogP contribution is 2.48. The zero-order valence-corrected chi connectivity index (χ0v) is 18.8. The SMILES string of the molecule is O=C(NCC1(CC2CC2)CCC(S(=O)(=O)CC2CC2)CC1)c1cscc1Br. The van der Waals surface area contributed by atoms with Gasteiger partial charge in [0.05, 0.1) is 16.6 Å². The molecule has 1 heterocycles. The van der Waals surface area contributed by atoms with Crippen LogP contribution >= 0.6 is 27.3 Å². The van der Waals surface area contributed by atoms with Gasteiger partial charge in [0.15, 0.2) is 9.84 Å². The zero-order chi connectivity index (χ0) is 19.1. The molecular weight excluding hydrogens is 446 g/mol. The lowest BCUT2D eigenvalue weighted by Crippen LogP contribution is -2.43. The first kappa shape index (κ1) is 19.9. The van der Waals surface area contributed by atoms with Crippen LogP contribution in [-0.4, -0.2) is 31.9 Å². The molecule has 27 heavy (non-hydrogen) atoms. The number of halogens is 1. The number of amides is 1. The molecule has 3 saturated carbocycles. The van der Waals surface area contributed by atoms with Crippen molar-refractivity contribution in [3.05, 3.63) is 20.8 Å². The molecule has 0 aromatic carbocycles. The maximum Gasteiger partial charge on any atom is 0.253 e. The third-order valence-corrected chi connectivity index (χ3v) is 10.7. The molecule has 1 amide bonds. The third kappa shape index (κ3) is 4.96. The molecule has 4 nitrogen and oxygen atoms in total. The second kappa shape index (κ2) is 7.79. The highest BCUT2D eigenvalue weighted by molar-refractivity contribution is 9.10. The highest BCUT2D eigenvalue weighted by atomic mass is 79.9. The molecule has 1 aromatic rings. The molecule has 3 aliphatic rings. The Morgan fingerprint density at radius 2 is 1.78 bits per heavy atom. The summed E-state index contributed by atoms with van der Waals surface area (Å²) in [6.07, 6.45) is 9.24. The molecule has 0 aliphatic heterocycles. The lowest BCUT2D eigenvalue weighted by Gasteiger charge is -2.40. The number of carbonyl (C=O) groups is 1. The number of rotatable bonds is 8. The van der Waals surface area contributed by atoms with Crippen LogP contribution in [0.2, 0.25) is 0 Å². The molecule has 3 fully saturated rings. The number of nitrogens with one attached hydrogen (secondary N) is 1. The molecule has 0 unspecified atom stereocenters. The number of sulfone groups is 1. The van der Waals surface area contributed by atoms with Crippen LogP contribution in [-0.2, 0) is 9.84 Å². The van der Waals surface area contributed by atoms with Gasteiger partial charge in [-0.2, -0.15) is 11.3 Å². The van der Waals surface area contributed by atoms with Gasteiger partial charge in [-0.05, 0) is 78.1 Å². The molecule has 1 N–H and O–H groups in total. The smallest absolute Gasteiger partial charge is 0.253 e. The molecule has 0 radical (unpaired) electrons. The van der Waals surface area contributed by atoms with E-state index in [4.69, 9.17) is 0 Å². The summed E-state index contributed by atoms with van der Waals surface area (Å²) in [4.78, 5) is 12.5. The van der Waals surface area contributed by atoms with Gasteiger partial charge in [-0.1, -0.05) is 12.8 Å². The number of hydrogen-bond acceptors (Lipinski definition) is 4. The monoisotopic (exact) mass is 473 g/mol. The molecule has 3 aliphatic carbocycles. The highest BCUT2D eigenvalue weighted by Gasteiger charge is 2.43. The van der Waals surface area contributed by atoms with E-state index in [0.29, 0.717) is 23.8 Å². The summed E-state index contributed by atoms with van der Waals surface area (Å²) in [7, 11) is -2.95. The first-order chi connectivity index (χ1) is 12.9. The topological polar surface area (TPSA) is 63.2 Å². The number of carbonyl (C=O) groups excluding carboxylic acids is 1. The van der Waals surface area contributed by atoms with Crippen LogP contribution in [0, 0.1) is 17.3 Å². The van der Waals surface area contributed by atoms with Crippen molar-refractivity contribution in [2.24, 2.45) is 17.3 Å². The standard InChI is InChI=1S/C20H28BrNO3S2/c21-18-11-26-10-17(18)19(23)22-13-20(9-14-1-2-14)7-5-16(6-8-20)27(24,25)12-15-3-4-15/h10-11,14-16H,1-9,12-13H2,(H,22,23). The predicted molar refractivity (Wildman–Crippen MR) is 113 cm³/mol. The van der Waals surface area contributed by atoms with E-state index in [2.05, 4.69) is 21.2 Å². The fourth-order valence-corrected chi connectivity index (χ4v) is 8.18. The Bertz CT molecular complexity index is 788. The minimum absolute atomic E-state index is 0.0261. The molecule has 7 heteroatoms. The summed E-state index contributed by atoms with van der Waals surface area (Å²) in [6.45, 7) is 0.667. The van der Waals surface area contributed by atoms with Crippen molar-refractivity contribution in [2.75, 3.05) is 12.3 Å². The first-order valence-electron chi connectivity index (χ1n) is 10.1. The van der Waals surface area contributed by atoms with Crippen LogP contribution in [0.3, 0.4) is 0 Å². The van der Waals surface area contributed by atoms with E-state index >= 15 is 0 Å². The minimum Gasteiger partial charge on any atom is -0.351 e. The average molecular weight is 474 g/mol. The summed E-state index contributed by atoms with van der Waals surface area (Å²) in [5.41, 5.74) is 0.771. The zero-order valence-electron chi connectivity index (χ0n) is 15.6. The maximum atomic E-state index is 12.7. The van der Waals surface area contributed by atoms with E-state index in [0.717, 1.165) is 55.3 Å². The second-order valence-corrected chi connectivity index (χ2v) is 12.9. The summed E-state index contributed by atoms with van der Waals surface area (Å²) in [5.74, 6) is 1.57. The van der Waals surface area contributed by atoms with E-state index in [1.807, 2.05) is 10.8 Å². The number of hydrogen-bond donors (Lipinski definition) is 1. The largest absolute Gasteiger partial charge is 0.351 e. The van der Waals surface area contributed by atoms with Crippen LogP contribution in [0.4, 0.5) is 0 Å². The average Bonchev–Trinajstić information content (AvgIpc) is 3.55. The summed E-state index contributed by atoms with van der Waals surface area (Å²) >= 11 is 4.95. The van der Waals surface area contributed by atoms with E-state index in [-0.39, 0.29) is 16.6 Å². The molecule has 150 valence electrons. The molecule has 0 saturated heterocycles. The lowest BCUT2D eigenvalue weighted by molar-refractivity contribution is 0.0895. The van der Waals surface area contributed by atoms with Gasteiger partial charge in [-0.25, -0.2) is 8.42 Å². The van der Waals surface area contributed by atoms with Crippen molar-refractivity contribution >= 4 is 43.0 Å². The predicted octanol–water partition coefficient (Wildman–Crippen LogP) is 4.79. The second-order valence-electron chi connectivity index (χ2n) is 8.94. The maximum absolute atomic E-state index is 12.7. The quantitative estimate of drug-likeness (QED) is 0.589. The molecule has 0 bridgehead atoms. The van der Waals surface area contributed by atoms with E-state index in [1.54, 1.807) is 0 Å². The van der Waals surface area contributed by atoms with Gasteiger partial charge in [-0.15, -0.1) is 0 Å². The van der Waals surface area contributed by atoms with Crippen molar-refractivity contribution in [3.8, 4) is 0 Å². The Balaban J connectivity index is 1.38. The Morgan fingerprint density at radius 1 is 1.11 bits per heavy atom. The Morgan fingerprint density at radius 3 is 2.33 bits per heavy atom. The lowest BCUT2D eigenvalue weighted by atomic mass is 9.70. The molecular formula is C20H28BrNO3S2. The van der Waals surface area contributed by atoms with Gasteiger partial charge in [0.2, 0.25) is 0 Å². The normalized spacial score (nSPS) is 28.9. The van der Waals surface area contributed by atoms with Crippen molar-refractivity contribution in [3.63, 3.8) is 0 Å². The van der Waals surface area contributed by atoms with Gasteiger partial charge in [0.1, 0.15) is 0 Å². The Labute approximate surface area is 174 Å². The van der Waals surface area contributed by atoms with E-state index < -0.39 is 9.84 Å². The summed E-state index contributed by atoms with van der Waals surface area (Å²) in [6, 6.07) is 0. The van der Waals surface area contributed by atoms with Gasteiger partial charge in [-0.3, -0.25) is 4.79 Å². The minimum atomic E-state index is -2.95. The van der Waals surface area contributed by atoms with Crippen LogP contribution < -0.4 is 5.32 Å². The van der Waals surface area contributed by atoms with Crippen molar-refractivity contribution in [1.29, 1.82) is 0 Å². The summed E-state index contributed by atoms with van der Waals surface area (Å²) < 4.78 is 26.2. The van der Waals surface area contributed by atoms with Gasteiger partial charge < -0.3 is 5.32 Å². The molecule has 1 aromatic heterocycles. The fraction of sp³-hybridized carbons (Fsp3) is 0.750. The van der Waals surface area contributed by atoms with Gasteiger partial charge in [0.25, 0.3) is 5.91 Å². The van der Waals surface area contributed by atoms with E-state index in [9.17, 15) is 13.2 Å². The summed E-state index contributed by atoms with van der Waals surface area (Å²) in [5, 5.41) is 6.78. The van der Waals surface area contributed by atoms with Crippen LogP contribution in [0.25, 0.3) is 0 Å². The third-order valence-electron chi connectivity index (χ3n) is 6.57. The first-order valence-corrected chi connectivity index (χ1v) is 13.5. The Kier molecular flexibility index (Phi) is 5.74. The van der Waals surface area contributed by atoms with Crippen LogP contribution in [0.5, 0.6) is 0 Å².